The highest BCUT2D eigenvalue weighted by atomic mass is 19.1. The van der Waals surface area contributed by atoms with Gasteiger partial charge in [-0.1, -0.05) is 30.4 Å². The quantitative estimate of drug-likeness (QED) is 0.492. The summed E-state index contributed by atoms with van der Waals surface area (Å²) in [6.07, 6.45) is 4.20. The van der Waals surface area contributed by atoms with Crippen molar-refractivity contribution in [3.8, 4) is 5.75 Å². The number of fused-ring (bicyclic) bond motifs is 1. The first-order valence-electron chi connectivity index (χ1n) is 10.6. The van der Waals surface area contributed by atoms with Crippen LogP contribution in [0.3, 0.4) is 0 Å². The molecule has 1 aromatic heterocycles. The molecule has 1 unspecified atom stereocenters. The summed E-state index contributed by atoms with van der Waals surface area (Å²) in [5.41, 5.74) is 0.446. The minimum atomic E-state index is -1.06. The fraction of sp³-hybridized carbons (Fsp3) is 0.280. The summed E-state index contributed by atoms with van der Waals surface area (Å²) in [6.45, 7) is 0.216. The van der Waals surface area contributed by atoms with E-state index in [-0.39, 0.29) is 41.2 Å². The lowest BCUT2D eigenvalue weighted by Crippen LogP contribution is -2.32. The largest absolute Gasteiger partial charge is 0.508 e. The average Bonchev–Trinajstić information content (AvgIpc) is 2.80. The molecule has 1 aliphatic heterocycles. The van der Waals surface area contributed by atoms with Crippen molar-refractivity contribution in [1.82, 2.24) is 0 Å². The second-order valence-corrected chi connectivity index (χ2v) is 7.84. The predicted octanol–water partition coefficient (Wildman–Crippen LogP) is 4.85. The van der Waals surface area contributed by atoms with Gasteiger partial charge < -0.3 is 24.1 Å². The van der Waals surface area contributed by atoms with Gasteiger partial charge in [0, 0.05) is 17.9 Å². The van der Waals surface area contributed by atoms with E-state index in [0.717, 1.165) is 6.07 Å². The van der Waals surface area contributed by atoms with Crippen LogP contribution in [0.4, 0.5) is 4.39 Å². The maximum absolute atomic E-state index is 13.7. The molecule has 2 N–H and O–H groups in total. The van der Waals surface area contributed by atoms with Gasteiger partial charge in [0.2, 0.25) is 5.43 Å². The molecule has 0 saturated carbocycles. The standard InChI is InChI=1S/C25H23FO7/c26-16-10-11-21-18(12-16)23(30)19(14-31-21)25-32-13-15(6-2-1-3-9-22(28)29)24(33-25)17-7-4-5-8-20(17)27/h1-2,4-5,7-8,10-12,14-15,24-25,27H,3,6,9,13H2,(H,28,29)/b2-1-/t15-,24+,25?/m1/s1. The van der Waals surface area contributed by atoms with Gasteiger partial charge in [-0.05, 0) is 37.1 Å². The molecule has 33 heavy (non-hydrogen) atoms. The molecular weight excluding hydrogens is 431 g/mol. The summed E-state index contributed by atoms with van der Waals surface area (Å²) in [5.74, 6) is -1.57. The number of hydrogen-bond donors (Lipinski definition) is 2. The molecule has 0 spiro atoms. The number of rotatable bonds is 7. The van der Waals surface area contributed by atoms with Gasteiger partial charge in [0.15, 0.2) is 6.29 Å². The first-order chi connectivity index (χ1) is 15.9. The maximum Gasteiger partial charge on any atom is 0.303 e. The number of phenols is 1. The Balaban J connectivity index is 1.61. The SMILES string of the molecule is O=C(O)CC/C=C\C[C@@H]1COC(c2coc3ccc(F)cc3c2=O)O[C@@H]1c1ccccc1O. The number of phenolic OH excluding ortho intramolecular Hbond substituents is 1. The molecule has 1 aliphatic rings. The van der Waals surface area contributed by atoms with Crippen molar-refractivity contribution in [3.63, 3.8) is 0 Å². The van der Waals surface area contributed by atoms with E-state index in [9.17, 15) is 19.1 Å². The Labute approximate surface area is 188 Å². The van der Waals surface area contributed by atoms with E-state index >= 15 is 0 Å². The third kappa shape index (κ3) is 5.13. The number of para-hydroxylation sites is 1. The Hall–Kier alpha value is -3.49. The second-order valence-electron chi connectivity index (χ2n) is 7.84. The summed E-state index contributed by atoms with van der Waals surface area (Å²) >= 11 is 0. The van der Waals surface area contributed by atoms with Crippen molar-refractivity contribution in [2.75, 3.05) is 6.61 Å². The molecule has 3 atom stereocenters. The lowest BCUT2D eigenvalue weighted by atomic mass is 9.91. The van der Waals surface area contributed by atoms with Gasteiger partial charge in [-0.2, -0.15) is 0 Å². The van der Waals surface area contributed by atoms with Crippen molar-refractivity contribution in [1.29, 1.82) is 0 Å². The van der Waals surface area contributed by atoms with Crippen molar-refractivity contribution in [2.45, 2.75) is 31.7 Å². The fourth-order valence-electron chi connectivity index (χ4n) is 3.87. The number of carboxylic acid groups (broad SMARTS) is 1. The number of aliphatic carboxylic acids is 1. The van der Waals surface area contributed by atoms with Crippen LogP contribution >= 0.6 is 0 Å². The van der Waals surface area contributed by atoms with Crippen LogP contribution in [-0.4, -0.2) is 22.8 Å². The van der Waals surface area contributed by atoms with Crippen molar-refractivity contribution in [2.24, 2.45) is 5.92 Å². The molecular formula is C25H23FO7. The normalized spacial score (nSPS) is 20.9. The molecule has 2 aromatic carbocycles. The van der Waals surface area contributed by atoms with Gasteiger partial charge in [0.05, 0.1) is 23.7 Å². The molecule has 172 valence electrons. The second kappa shape index (κ2) is 9.97. The van der Waals surface area contributed by atoms with Gasteiger partial charge in [-0.15, -0.1) is 0 Å². The molecule has 0 bridgehead atoms. The smallest absolute Gasteiger partial charge is 0.303 e. The number of ether oxygens (including phenoxy) is 2. The number of allylic oxidation sites excluding steroid dienone is 2. The minimum absolute atomic E-state index is 0.0392. The summed E-state index contributed by atoms with van der Waals surface area (Å²) < 4.78 is 31.2. The third-order valence-electron chi connectivity index (χ3n) is 5.55. The Morgan fingerprint density at radius 3 is 2.76 bits per heavy atom. The molecule has 1 saturated heterocycles. The van der Waals surface area contributed by atoms with Gasteiger partial charge >= 0.3 is 5.97 Å². The molecule has 8 heteroatoms. The number of carbonyl (C=O) groups is 1. The topological polar surface area (TPSA) is 106 Å². The van der Waals surface area contributed by atoms with E-state index < -0.39 is 29.6 Å². The number of hydrogen-bond acceptors (Lipinski definition) is 6. The van der Waals surface area contributed by atoms with Gasteiger partial charge in [0.1, 0.15) is 23.4 Å². The highest BCUT2D eigenvalue weighted by Gasteiger charge is 2.36. The minimum Gasteiger partial charge on any atom is -0.508 e. The zero-order valence-corrected chi connectivity index (χ0v) is 17.6. The van der Waals surface area contributed by atoms with Crippen LogP contribution in [0.15, 0.2) is 70.1 Å². The summed E-state index contributed by atoms with van der Waals surface area (Å²) in [4.78, 5) is 23.7. The fourth-order valence-corrected chi connectivity index (χ4v) is 3.87. The van der Waals surface area contributed by atoms with Crippen LogP contribution in [0, 0.1) is 11.7 Å². The van der Waals surface area contributed by atoms with Crippen LogP contribution in [0.1, 0.15) is 42.8 Å². The van der Waals surface area contributed by atoms with E-state index in [2.05, 4.69) is 0 Å². The van der Waals surface area contributed by atoms with Gasteiger partial charge in [-0.3, -0.25) is 9.59 Å². The van der Waals surface area contributed by atoms with Crippen LogP contribution in [0.2, 0.25) is 0 Å². The summed E-state index contributed by atoms with van der Waals surface area (Å²) in [5, 5.41) is 19.3. The highest BCUT2D eigenvalue weighted by molar-refractivity contribution is 5.76. The van der Waals surface area contributed by atoms with Crippen LogP contribution in [-0.2, 0) is 14.3 Å². The lowest BCUT2D eigenvalue weighted by molar-refractivity contribution is -0.244. The van der Waals surface area contributed by atoms with E-state index in [1.165, 1.54) is 18.4 Å². The van der Waals surface area contributed by atoms with Gasteiger partial charge in [-0.25, -0.2) is 4.39 Å². The van der Waals surface area contributed by atoms with Crippen LogP contribution < -0.4 is 5.43 Å². The Bertz CT molecular complexity index is 1230. The third-order valence-corrected chi connectivity index (χ3v) is 5.55. The maximum atomic E-state index is 13.7. The first kappa shape index (κ1) is 22.7. The molecule has 0 radical (unpaired) electrons. The molecule has 1 fully saturated rings. The molecule has 3 aromatic rings. The first-order valence-corrected chi connectivity index (χ1v) is 10.6. The summed E-state index contributed by atoms with van der Waals surface area (Å²) in [6, 6.07) is 10.5. The number of benzene rings is 2. The van der Waals surface area contributed by atoms with Crippen LogP contribution in [0.25, 0.3) is 11.0 Å². The molecule has 4 rings (SSSR count). The summed E-state index contributed by atoms with van der Waals surface area (Å²) in [7, 11) is 0. The number of halogens is 1. The average molecular weight is 454 g/mol. The van der Waals surface area contributed by atoms with Crippen molar-refractivity contribution < 1.29 is 33.3 Å². The number of carboxylic acids is 1. The molecule has 0 aliphatic carbocycles. The molecule has 7 nitrogen and oxygen atoms in total. The van der Waals surface area contributed by atoms with E-state index in [0.29, 0.717) is 18.4 Å². The Morgan fingerprint density at radius 1 is 1.15 bits per heavy atom. The zero-order chi connectivity index (χ0) is 23.4. The molecule has 0 amide bonds. The monoisotopic (exact) mass is 454 g/mol. The predicted molar refractivity (Wildman–Crippen MR) is 117 cm³/mol. The highest BCUT2D eigenvalue weighted by Crippen LogP contribution is 2.42. The Morgan fingerprint density at radius 2 is 1.97 bits per heavy atom. The van der Waals surface area contributed by atoms with E-state index in [1.54, 1.807) is 30.3 Å². The van der Waals surface area contributed by atoms with E-state index in [1.807, 2.05) is 6.08 Å². The van der Waals surface area contributed by atoms with Crippen molar-refractivity contribution >= 4 is 16.9 Å². The van der Waals surface area contributed by atoms with E-state index in [4.69, 9.17) is 19.0 Å². The van der Waals surface area contributed by atoms with Gasteiger partial charge in [0.25, 0.3) is 0 Å². The number of aromatic hydroxyl groups is 1. The van der Waals surface area contributed by atoms with Crippen LogP contribution in [0.5, 0.6) is 5.75 Å². The zero-order valence-electron chi connectivity index (χ0n) is 17.6. The molecule has 2 heterocycles. The van der Waals surface area contributed by atoms with Crippen molar-refractivity contribution in [3.05, 3.63) is 88.0 Å². The Kier molecular flexibility index (Phi) is 6.86. The lowest BCUT2D eigenvalue weighted by Gasteiger charge is -2.36.